The zero-order valence-corrected chi connectivity index (χ0v) is 71.2. The molecule has 6 bridgehead atoms. The van der Waals surface area contributed by atoms with E-state index in [1.54, 1.807) is 18.3 Å². The summed E-state index contributed by atoms with van der Waals surface area (Å²) in [4.78, 5) is 142. The van der Waals surface area contributed by atoms with Gasteiger partial charge < -0.3 is 115 Å². The van der Waals surface area contributed by atoms with E-state index in [0.29, 0.717) is 27.8 Å². The van der Waals surface area contributed by atoms with Gasteiger partial charge in [-0.2, -0.15) is 10.2 Å². The Morgan fingerprint density at radius 1 is 0.389 bits per heavy atom. The molecule has 20 N–H and O–H groups in total. The van der Waals surface area contributed by atoms with E-state index in [1.807, 2.05) is 0 Å². The van der Waals surface area contributed by atoms with Crippen LogP contribution in [0, 0.1) is 0 Å². The molecular formula is C63H73N24O38P6+. The number of phosphoric ester groups is 6. The lowest BCUT2D eigenvalue weighted by molar-refractivity contribution is -0.821. The lowest BCUT2D eigenvalue weighted by Gasteiger charge is -2.25. The maximum Gasteiger partial charge on any atom is 0.472 e. The molecule has 702 valence electrons. The first-order chi connectivity index (χ1) is 62.3. The minimum Gasteiger partial charge on any atom is -0.398 e. The van der Waals surface area contributed by atoms with Crippen molar-refractivity contribution in [2.75, 3.05) is 56.8 Å². The highest BCUT2D eigenvalue weighted by Gasteiger charge is 2.59. The molecule has 9 saturated heterocycles. The summed E-state index contributed by atoms with van der Waals surface area (Å²) >= 11 is 0. The van der Waals surface area contributed by atoms with E-state index in [9.17, 15) is 96.7 Å². The van der Waals surface area contributed by atoms with Gasteiger partial charge in [-0.15, -0.1) is 9.20 Å². The average molecular weight is 1960 g/mol. The Labute approximate surface area is 724 Å². The number of aliphatic hydroxyl groups is 5. The number of aliphatic hydroxyl groups excluding tert-OH is 5. The van der Waals surface area contributed by atoms with Gasteiger partial charge in [0.05, 0.1) is 95.0 Å². The Morgan fingerprint density at radius 3 is 1.40 bits per heavy atom. The Hall–Kier alpha value is -9.47. The number of aromatic nitrogens is 21. The number of pyridine rings is 3. The van der Waals surface area contributed by atoms with Crippen molar-refractivity contribution in [2.45, 2.75) is 148 Å². The molecule has 0 aliphatic carbocycles. The third-order valence-corrected chi connectivity index (χ3v) is 27.9. The molecule has 9 aliphatic rings. The number of H-pyrrole nitrogens is 3. The van der Waals surface area contributed by atoms with Gasteiger partial charge in [0.15, 0.2) is 71.7 Å². The van der Waals surface area contributed by atoms with Gasteiger partial charge in [0.25, 0.3) is 17.3 Å². The SMILES string of the molecule is Nc1ccnc2c1ccn2[C@@H]1O[C@@H]2COP(=O)(O)O[C@@H]3C[C@@H](COP(=O)(O)O[C@H]2[C@H]1O)O[C@H]3n1cnc2c(=O)[nH]cnc21.Nc1ccnc2c1ncn2[C@@H]1O[C@@H]2COP(=O)(O)O[C@@H]3[C@H](O)[C@@H](COP(=O)(O)O[C@H]2[C@H]1O)O[C@H]3[n+]1cnc2c(=O)[nH]ncn21.Nc1ccnc2c1ncn2[C@@H]1O[C@@H]2COP(=O)(O)O[C@@H]3[C@H](O)[C@@H](COP(=O)(O)O[C@H]2[C@H]1O)O[C@H]3n1ncc2c(=O)[nH]cnc21. The van der Waals surface area contributed by atoms with Gasteiger partial charge in [0, 0.05) is 42.3 Å². The number of ether oxygens (including phenoxy) is 6. The minimum atomic E-state index is -5.08. The van der Waals surface area contributed by atoms with Crippen LogP contribution in [0.4, 0.5) is 17.1 Å². The van der Waals surface area contributed by atoms with Crippen LogP contribution < -0.4 is 38.6 Å². The number of nitrogen functional groups attached to an aromatic ring is 3. The highest BCUT2D eigenvalue weighted by Crippen LogP contribution is 2.58. The summed E-state index contributed by atoms with van der Waals surface area (Å²) in [5.41, 5.74) is 18.4. The molecule has 12 aromatic heterocycles. The zero-order chi connectivity index (χ0) is 92.0. The largest absolute Gasteiger partial charge is 0.472 e. The number of fused-ring (bicyclic) bond motifs is 15. The molecule has 6 unspecified atom stereocenters. The summed E-state index contributed by atoms with van der Waals surface area (Å²) in [6, 6.07) is 6.27. The number of imidazole rings is 3. The maximum absolute atomic E-state index is 13.2. The molecule has 0 saturated carbocycles. The van der Waals surface area contributed by atoms with Crippen molar-refractivity contribution in [3.8, 4) is 0 Å². The lowest BCUT2D eigenvalue weighted by Crippen LogP contribution is -2.50. The summed E-state index contributed by atoms with van der Waals surface area (Å²) in [5.74, 6) is 0. The number of phosphoric acid groups is 6. The second kappa shape index (κ2) is 34.8. The third-order valence-electron chi connectivity index (χ3n) is 22.0. The van der Waals surface area contributed by atoms with Gasteiger partial charge in [0.1, 0.15) is 114 Å². The van der Waals surface area contributed by atoms with Gasteiger partial charge in [-0.1, -0.05) is 0 Å². The maximum atomic E-state index is 13.2. The number of aromatic amines is 3. The van der Waals surface area contributed by atoms with Crippen LogP contribution in [-0.4, -0.2) is 296 Å². The minimum absolute atomic E-state index is 0.0125. The fraction of sp³-hybridized carbons (Fsp3) is 0.476. The topological polar surface area (TPSA) is 842 Å². The first-order valence-corrected chi connectivity index (χ1v) is 47.6. The van der Waals surface area contributed by atoms with Gasteiger partial charge in [-0.3, -0.25) is 82.4 Å². The molecule has 0 radical (unpaired) electrons. The Kier molecular flexibility index (Phi) is 24.1. The van der Waals surface area contributed by atoms with E-state index in [-0.39, 0.29) is 56.9 Å². The predicted molar refractivity (Wildman–Crippen MR) is 420 cm³/mol. The molecule has 29 atom stereocenters. The molecule has 68 heteroatoms. The first-order valence-electron chi connectivity index (χ1n) is 38.6. The van der Waals surface area contributed by atoms with Crippen LogP contribution >= 0.6 is 46.9 Å². The van der Waals surface area contributed by atoms with E-state index >= 15 is 0 Å². The average Bonchev–Trinajstić information content (AvgIpc) is 1.57. The highest BCUT2D eigenvalue weighted by atomic mass is 31.2. The third kappa shape index (κ3) is 17.6. The van der Waals surface area contributed by atoms with Crippen LogP contribution in [-0.2, 0) is 110 Å². The molecule has 9 aliphatic heterocycles. The lowest BCUT2D eigenvalue weighted by atomic mass is 10.1. The Bertz CT molecular complexity index is 6610. The van der Waals surface area contributed by atoms with E-state index in [4.69, 9.17) is 99.9 Å². The van der Waals surface area contributed by atoms with E-state index in [0.717, 1.165) is 45.4 Å². The van der Waals surface area contributed by atoms with Crippen molar-refractivity contribution in [1.29, 1.82) is 0 Å². The number of rotatable bonds is 6. The van der Waals surface area contributed by atoms with Crippen LogP contribution in [0.3, 0.4) is 0 Å². The van der Waals surface area contributed by atoms with Crippen molar-refractivity contribution < 1.29 is 170 Å². The molecule has 0 amide bonds. The molecule has 12 aromatic rings. The van der Waals surface area contributed by atoms with Crippen molar-refractivity contribution in [2.24, 2.45) is 0 Å². The number of nitrogens with one attached hydrogen (secondary N) is 3. The van der Waals surface area contributed by atoms with E-state index in [2.05, 4.69) is 70.1 Å². The van der Waals surface area contributed by atoms with Crippen LogP contribution in [0.5, 0.6) is 0 Å². The summed E-state index contributed by atoms with van der Waals surface area (Å²) in [5, 5.41) is 65.9. The van der Waals surface area contributed by atoms with E-state index < -0.39 is 244 Å². The van der Waals surface area contributed by atoms with Gasteiger partial charge in [-0.05, 0) is 29.2 Å². The summed E-state index contributed by atoms with van der Waals surface area (Å²) in [7, 11) is -30.0. The molecule has 131 heavy (non-hydrogen) atoms. The van der Waals surface area contributed by atoms with Crippen LogP contribution in [0.1, 0.15) is 43.8 Å². The second-order valence-electron chi connectivity index (χ2n) is 30.1. The Morgan fingerprint density at radius 2 is 0.832 bits per heavy atom. The molecule has 9 fully saturated rings. The normalized spacial score (nSPS) is 37.9. The fourth-order valence-corrected chi connectivity index (χ4v) is 21.7. The van der Waals surface area contributed by atoms with Crippen molar-refractivity contribution in [3.05, 3.63) is 131 Å². The number of hydrogen-bond acceptors (Lipinski definition) is 46. The number of hydrogen-bond donors (Lipinski definition) is 17. The summed E-state index contributed by atoms with van der Waals surface area (Å²) < 4.78 is 185. The summed E-state index contributed by atoms with van der Waals surface area (Å²) in [6.45, 7) is -4.41. The quantitative estimate of drug-likeness (QED) is 0.0562. The molecule has 0 aromatic carbocycles. The van der Waals surface area contributed by atoms with Crippen LogP contribution in [0.2, 0.25) is 0 Å². The van der Waals surface area contributed by atoms with E-state index in [1.165, 1.54) is 68.0 Å². The monoisotopic (exact) mass is 1960 g/mol. The van der Waals surface area contributed by atoms with Gasteiger partial charge >= 0.3 is 64.5 Å². The van der Waals surface area contributed by atoms with Gasteiger partial charge in [-0.25, -0.2) is 77.0 Å². The van der Waals surface area contributed by atoms with Crippen LogP contribution in [0.15, 0.2) is 114 Å². The van der Waals surface area contributed by atoms with Gasteiger partial charge in [0.2, 0.25) is 0 Å². The van der Waals surface area contributed by atoms with Crippen LogP contribution in [0.25, 0.3) is 61.2 Å². The number of anilines is 3. The van der Waals surface area contributed by atoms with Crippen molar-refractivity contribution in [1.82, 2.24) is 97.6 Å². The van der Waals surface area contributed by atoms with Crippen molar-refractivity contribution in [3.63, 3.8) is 0 Å². The standard InChI is InChI=1S/C22H25N7O12P2.C21H24N8O13P2.C20H23N9O13P2/c23-12-1-3-24-18-11(12)2-4-28(18)22-16(30)17-14(39-22)7-37-42(32,33)40-13-5-10(6-36-43(34,35)41-17)38-21(13)29-9-27-15-19(29)25-8-26-20(15)31;22-9-1-2-23-18-12(9)26-7-28(18)20-14(31)15-11(40-20)5-38-44(35,36)42-16-13(30)10(4-37-43(33,34)41-15)39-21(16)29-17-8(3-27-29)19(32)25-6-24-17;21-8-1-2-22-16-11(8)23-5-27(16)19-13(31)14-10(40-19)4-38-44(35,36)42-15-12(30)9(3-37-43(33,34)41-14)39-20(15)29-6-24-17-18(32)26-25-7-28(17)29/h1-4,8-10,13-14,16-17,21-22,30H,5-7H2,(H2,23,24)(H,32,33)(H,34,35)(H,25,26,31);1-3,6-7,10-11,13-16,20-21,30-31H,4-5H2,(H2,22,23)(H,33,34)(H,35,36)(H,24,25,32);1-2,5-7,9-10,12-15,19-20,30-31H,3-4H2,(H4-,21,22,26,32,33,34,35,36)/p+1/t10-,13+,14+,16+,17+,21+,22+;10-,11-,13-,14-,15-,16-,20-,21-;9-,10-,12-,13-,14-,15-,19-,20-/m011/s1. The smallest absolute Gasteiger partial charge is 0.398 e. The molecule has 21 rings (SSSR count). The first kappa shape index (κ1) is 90.7. The molecule has 0 spiro atoms. The highest BCUT2D eigenvalue weighted by molar-refractivity contribution is 7.48. The fourth-order valence-electron chi connectivity index (χ4n) is 16.0. The molecule has 21 heterocycles. The molecular weight excluding hydrogens is 1890 g/mol. The number of nitrogens with zero attached hydrogens (tertiary/aromatic N) is 18. The second-order valence-corrected chi connectivity index (χ2v) is 38.6. The van der Waals surface area contributed by atoms with Crippen molar-refractivity contribution >= 4 is 125 Å². The summed E-state index contributed by atoms with van der Waals surface area (Å²) in [6.07, 6.45) is -18.6. The zero-order valence-electron chi connectivity index (χ0n) is 65.9. The Balaban J connectivity index is 0.000000127. The predicted octanol–water partition coefficient (Wildman–Crippen LogP) is -3.74. The number of nitrogens with two attached hydrogens (primary N) is 3. The molecule has 62 nitrogen and oxygen atoms in total.